The van der Waals surface area contributed by atoms with Crippen molar-refractivity contribution >= 4 is 17.7 Å². The van der Waals surface area contributed by atoms with E-state index in [0.717, 1.165) is 12.2 Å². The van der Waals surface area contributed by atoms with Crippen molar-refractivity contribution in [3.05, 3.63) is 24.3 Å². The molecule has 1 heterocycles. The van der Waals surface area contributed by atoms with Gasteiger partial charge < -0.3 is 20.1 Å². The number of benzene rings is 1. The lowest BCUT2D eigenvalue weighted by atomic mass is 9.90. The fraction of sp³-hybridized carbons (Fsp3) is 0.529. The van der Waals surface area contributed by atoms with E-state index in [4.69, 9.17) is 4.74 Å². The summed E-state index contributed by atoms with van der Waals surface area (Å²) < 4.78 is 5.69. The number of carbonyl (C=O) groups excluding carboxylic acids is 1. The van der Waals surface area contributed by atoms with Gasteiger partial charge in [0.25, 0.3) is 0 Å². The van der Waals surface area contributed by atoms with Gasteiger partial charge in [-0.2, -0.15) is 0 Å². The van der Waals surface area contributed by atoms with E-state index in [0.29, 0.717) is 18.7 Å². The predicted octanol–water partition coefficient (Wildman–Crippen LogP) is 3.19. The molecule has 2 rings (SSSR count). The van der Waals surface area contributed by atoms with Crippen molar-refractivity contribution < 1.29 is 19.4 Å². The summed E-state index contributed by atoms with van der Waals surface area (Å²) in [6, 6.07) is 6.91. The van der Waals surface area contributed by atoms with E-state index in [2.05, 4.69) is 12.2 Å². The number of rotatable bonds is 5. The smallest absolute Gasteiger partial charge is 0.321 e. The Morgan fingerprint density at radius 3 is 2.57 bits per heavy atom. The summed E-state index contributed by atoms with van der Waals surface area (Å²) in [4.78, 5) is 25.0. The second kappa shape index (κ2) is 6.89. The third kappa shape index (κ3) is 4.15. The van der Waals surface area contributed by atoms with Gasteiger partial charge in [-0.25, -0.2) is 4.79 Å². The van der Waals surface area contributed by atoms with Crippen LogP contribution in [0.2, 0.25) is 0 Å². The first-order valence-corrected chi connectivity index (χ1v) is 7.90. The summed E-state index contributed by atoms with van der Waals surface area (Å²) in [6.07, 6.45) is 1.54. The van der Waals surface area contributed by atoms with E-state index < -0.39 is 11.4 Å². The Bertz CT molecular complexity index is 572. The molecule has 0 radical (unpaired) electrons. The maximum absolute atomic E-state index is 12.2. The molecule has 0 aliphatic carbocycles. The van der Waals surface area contributed by atoms with Crippen molar-refractivity contribution in [2.24, 2.45) is 5.41 Å². The standard InChI is InChI=1S/C17H24N2O4/c1-4-12(2)23-14-7-5-13(6-8-14)18-16(22)19-10-9-17(3,11-19)15(20)21/h5-8,12H,4,9-11H2,1-3H3,(H,18,22)(H,20,21). The minimum absolute atomic E-state index is 0.147. The van der Waals surface area contributed by atoms with Crippen LogP contribution in [0, 0.1) is 5.41 Å². The summed E-state index contributed by atoms with van der Waals surface area (Å²) in [6.45, 7) is 6.40. The van der Waals surface area contributed by atoms with Crippen molar-refractivity contribution in [3.63, 3.8) is 0 Å². The van der Waals surface area contributed by atoms with E-state index in [-0.39, 0.29) is 18.7 Å². The quantitative estimate of drug-likeness (QED) is 0.873. The van der Waals surface area contributed by atoms with Crippen LogP contribution in [-0.4, -0.2) is 41.2 Å². The minimum Gasteiger partial charge on any atom is -0.491 e. The Morgan fingerprint density at radius 1 is 1.39 bits per heavy atom. The molecule has 1 aliphatic heterocycles. The average Bonchev–Trinajstić information content (AvgIpc) is 2.93. The number of aliphatic carboxylic acids is 1. The molecule has 2 amide bonds. The summed E-state index contributed by atoms with van der Waals surface area (Å²) in [7, 11) is 0. The fourth-order valence-corrected chi connectivity index (χ4v) is 2.44. The zero-order valence-electron chi connectivity index (χ0n) is 13.8. The first kappa shape index (κ1) is 17.1. The van der Waals surface area contributed by atoms with Gasteiger partial charge in [0.1, 0.15) is 5.75 Å². The number of nitrogens with zero attached hydrogens (tertiary/aromatic N) is 1. The molecule has 0 saturated carbocycles. The van der Waals surface area contributed by atoms with Crippen molar-refractivity contribution in [2.75, 3.05) is 18.4 Å². The SMILES string of the molecule is CCC(C)Oc1ccc(NC(=O)N2CCC(C)(C(=O)O)C2)cc1. The van der Waals surface area contributed by atoms with Crippen LogP contribution in [0.5, 0.6) is 5.75 Å². The zero-order chi connectivity index (χ0) is 17.0. The number of carboxylic acid groups (broad SMARTS) is 1. The third-order valence-corrected chi connectivity index (χ3v) is 4.29. The Labute approximate surface area is 136 Å². The molecule has 1 aromatic carbocycles. The molecule has 1 saturated heterocycles. The maximum Gasteiger partial charge on any atom is 0.321 e. The zero-order valence-corrected chi connectivity index (χ0v) is 13.8. The minimum atomic E-state index is -0.862. The fourth-order valence-electron chi connectivity index (χ4n) is 2.44. The molecule has 2 unspecified atom stereocenters. The molecular weight excluding hydrogens is 296 g/mol. The number of likely N-dealkylation sites (tertiary alicyclic amines) is 1. The summed E-state index contributed by atoms with van der Waals surface area (Å²) >= 11 is 0. The van der Waals surface area contributed by atoms with Crippen LogP contribution in [0.25, 0.3) is 0 Å². The Morgan fingerprint density at radius 2 is 2.04 bits per heavy atom. The van der Waals surface area contributed by atoms with Crippen LogP contribution >= 0.6 is 0 Å². The topological polar surface area (TPSA) is 78.9 Å². The number of amides is 2. The first-order valence-electron chi connectivity index (χ1n) is 7.90. The average molecular weight is 320 g/mol. The molecule has 6 nitrogen and oxygen atoms in total. The van der Waals surface area contributed by atoms with Gasteiger partial charge in [0, 0.05) is 18.8 Å². The molecule has 1 fully saturated rings. The van der Waals surface area contributed by atoms with Gasteiger partial charge in [-0.15, -0.1) is 0 Å². The van der Waals surface area contributed by atoms with E-state index in [1.54, 1.807) is 19.1 Å². The molecule has 126 valence electrons. The largest absolute Gasteiger partial charge is 0.491 e. The molecule has 1 aromatic rings. The summed E-state index contributed by atoms with van der Waals surface area (Å²) in [5.41, 5.74) is -0.193. The number of hydrogen-bond donors (Lipinski definition) is 2. The van der Waals surface area contributed by atoms with Crippen LogP contribution in [0.1, 0.15) is 33.6 Å². The van der Waals surface area contributed by atoms with E-state index in [1.165, 1.54) is 4.90 Å². The van der Waals surface area contributed by atoms with Crippen molar-refractivity contribution in [1.82, 2.24) is 4.90 Å². The number of urea groups is 1. The van der Waals surface area contributed by atoms with Crippen LogP contribution in [0.15, 0.2) is 24.3 Å². The molecular formula is C17H24N2O4. The summed E-state index contributed by atoms with van der Waals surface area (Å²) in [5, 5.41) is 12.0. The molecule has 0 aromatic heterocycles. The summed E-state index contributed by atoms with van der Waals surface area (Å²) in [5.74, 6) is -0.101. The highest BCUT2D eigenvalue weighted by atomic mass is 16.5. The Kier molecular flexibility index (Phi) is 5.13. The van der Waals surface area contributed by atoms with E-state index >= 15 is 0 Å². The lowest BCUT2D eigenvalue weighted by molar-refractivity contribution is -0.146. The second-order valence-electron chi connectivity index (χ2n) is 6.33. The molecule has 2 N–H and O–H groups in total. The van der Waals surface area contributed by atoms with Gasteiger partial charge in [-0.05, 0) is 51.0 Å². The van der Waals surface area contributed by atoms with Gasteiger partial charge in [-0.3, -0.25) is 4.79 Å². The first-order chi connectivity index (χ1) is 10.8. The number of ether oxygens (including phenoxy) is 1. The van der Waals surface area contributed by atoms with E-state index in [9.17, 15) is 14.7 Å². The monoisotopic (exact) mass is 320 g/mol. The van der Waals surface area contributed by atoms with Gasteiger partial charge in [0.05, 0.1) is 11.5 Å². The van der Waals surface area contributed by atoms with Gasteiger partial charge in [-0.1, -0.05) is 6.92 Å². The molecule has 2 atom stereocenters. The molecule has 0 bridgehead atoms. The van der Waals surface area contributed by atoms with Crippen LogP contribution in [0.4, 0.5) is 10.5 Å². The lowest BCUT2D eigenvalue weighted by Crippen LogP contribution is -2.37. The van der Waals surface area contributed by atoms with Crippen LogP contribution in [-0.2, 0) is 4.79 Å². The third-order valence-electron chi connectivity index (χ3n) is 4.29. The van der Waals surface area contributed by atoms with Crippen LogP contribution in [0.3, 0.4) is 0 Å². The maximum atomic E-state index is 12.2. The number of carbonyl (C=O) groups is 2. The highest BCUT2D eigenvalue weighted by Gasteiger charge is 2.42. The lowest BCUT2D eigenvalue weighted by Gasteiger charge is -2.20. The number of hydrogen-bond acceptors (Lipinski definition) is 3. The molecule has 0 spiro atoms. The highest BCUT2D eigenvalue weighted by molar-refractivity contribution is 5.90. The van der Waals surface area contributed by atoms with Gasteiger partial charge in [0.2, 0.25) is 0 Å². The van der Waals surface area contributed by atoms with Crippen molar-refractivity contribution in [1.29, 1.82) is 0 Å². The highest BCUT2D eigenvalue weighted by Crippen LogP contribution is 2.30. The van der Waals surface area contributed by atoms with Crippen molar-refractivity contribution in [2.45, 2.75) is 39.7 Å². The number of carboxylic acids is 1. The second-order valence-corrected chi connectivity index (χ2v) is 6.33. The van der Waals surface area contributed by atoms with Gasteiger partial charge in [0.15, 0.2) is 0 Å². The Balaban J connectivity index is 1.92. The Hall–Kier alpha value is -2.24. The van der Waals surface area contributed by atoms with E-state index in [1.807, 2.05) is 19.1 Å². The number of anilines is 1. The molecule has 6 heteroatoms. The molecule has 23 heavy (non-hydrogen) atoms. The van der Waals surface area contributed by atoms with Crippen molar-refractivity contribution in [3.8, 4) is 5.75 Å². The normalized spacial score (nSPS) is 21.8. The number of nitrogens with one attached hydrogen (secondary N) is 1. The predicted molar refractivity (Wildman–Crippen MR) is 87.8 cm³/mol. The van der Waals surface area contributed by atoms with Crippen LogP contribution < -0.4 is 10.1 Å². The molecule has 1 aliphatic rings. The van der Waals surface area contributed by atoms with Gasteiger partial charge >= 0.3 is 12.0 Å².